The van der Waals surface area contributed by atoms with E-state index < -0.39 is 34.9 Å². The Balaban J connectivity index is 1.27. The van der Waals surface area contributed by atoms with Crippen molar-refractivity contribution in [2.24, 2.45) is 10.8 Å². The Morgan fingerprint density at radius 2 is 1.50 bits per heavy atom. The largest absolute Gasteiger partial charge is 0.481 e. The van der Waals surface area contributed by atoms with Gasteiger partial charge in [0.25, 0.3) is 0 Å². The Bertz CT molecular complexity index is 1010. The first-order valence-electron chi connectivity index (χ1n) is 9.93. The minimum absolute atomic E-state index is 0.0955. The van der Waals surface area contributed by atoms with Gasteiger partial charge in [0.2, 0.25) is 0 Å². The van der Waals surface area contributed by atoms with Gasteiger partial charge in [-0.15, -0.1) is 0 Å². The van der Waals surface area contributed by atoms with E-state index in [1.165, 1.54) is 0 Å². The highest BCUT2D eigenvalue weighted by Crippen LogP contribution is 2.74. The van der Waals surface area contributed by atoms with E-state index in [0.29, 0.717) is 0 Å². The van der Waals surface area contributed by atoms with Crippen molar-refractivity contribution in [3.8, 4) is 11.1 Å². The van der Waals surface area contributed by atoms with Gasteiger partial charge in [-0.05, 0) is 41.5 Å². The van der Waals surface area contributed by atoms with Gasteiger partial charge < -0.3 is 20.3 Å². The van der Waals surface area contributed by atoms with Crippen LogP contribution in [0.15, 0.2) is 48.5 Å². The SMILES string of the molecule is O=C(N[C@H](C(=O)O)C12CC(C(=O)O)(C1)C2)OCC1c2ccccc2-c2ccccc21. The monoisotopic (exact) mass is 407 g/mol. The van der Waals surface area contributed by atoms with Gasteiger partial charge in [0.15, 0.2) is 0 Å². The number of fused-ring (bicyclic) bond motifs is 3. The number of alkyl carbamates (subject to hydrolysis) is 1. The van der Waals surface area contributed by atoms with Gasteiger partial charge in [-0.3, -0.25) is 4.79 Å². The van der Waals surface area contributed by atoms with Crippen LogP contribution in [0, 0.1) is 10.8 Å². The third-order valence-corrected chi connectivity index (χ3v) is 6.99. The zero-order valence-electron chi connectivity index (χ0n) is 16.1. The van der Waals surface area contributed by atoms with E-state index in [2.05, 4.69) is 5.32 Å². The van der Waals surface area contributed by atoms with E-state index >= 15 is 0 Å². The molecule has 7 heteroatoms. The third-order valence-electron chi connectivity index (χ3n) is 6.99. The van der Waals surface area contributed by atoms with Crippen molar-refractivity contribution in [1.29, 1.82) is 0 Å². The van der Waals surface area contributed by atoms with Crippen LogP contribution in [0.2, 0.25) is 0 Å². The van der Waals surface area contributed by atoms with Crippen LogP contribution in [0.3, 0.4) is 0 Å². The molecule has 1 amide bonds. The number of aliphatic carboxylic acids is 2. The highest BCUT2D eigenvalue weighted by atomic mass is 16.5. The van der Waals surface area contributed by atoms with Gasteiger partial charge in [0.1, 0.15) is 12.6 Å². The maximum Gasteiger partial charge on any atom is 0.407 e. The van der Waals surface area contributed by atoms with Gasteiger partial charge in [-0.25, -0.2) is 9.59 Å². The lowest BCUT2D eigenvalue weighted by Gasteiger charge is -2.69. The van der Waals surface area contributed by atoms with Crippen molar-refractivity contribution in [3.63, 3.8) is 0 Å². The summed E-state index contributed by atoms with van der Waals surface area (Å²) in [4.78, 5) is 35.5. The highest BCUT2D eigenvalue weighted by Gasteiger charge is 2.75. The van der Waals surface area contributed by atoms with Gasteiger partial charge in [0, 0.05) is 11.3 Å². The van der Waals surface area contributed by atoms with Crippen LogP contribution in [0.1, 0.15) is 36.3 Å². The Morgan fingerprint density at radius 1 is 0.967 bits per heavy atom. The number of rotatable bonds is 6. The molecule has 154 valence electrons. The van der Waals surface area contributed by atoms with Crippen LogP contribution < -0.4 is 5.32 Å². The van der Waals surface area contributed by atoms with Gasteiger partial charge >= 0.3 is 18.0 Å². The van der Waals surface area contributed by atoms with E-state index in [0.717, 1.165) is 22.3 Å². The summed E-state index contributed by atoms with van der Waals surface area (Å²) >= 11 is 0. The highest BCUT2D eigenvalue weighted by molar-refractivity contribution is 5.86. The summed E-state index contributed by atoms with van der Waals surface area (Å²) in [6.07, 6.45) is 0.0281. The molecule has 1 atom stereocenters. The first-order valence-corrected chi connectivity index (χ1v) is 9.93. The number of carbonyl (C=O) groups is 3. The van der Waals surface area contributed by atoms with Gasteiger partial charge in [-0.2, -0.15) is 0 Å². The molecule has 0 aliphatic heterocycles. The molecule has 3 fully saturated rings. The maximum absolute atomic E-state index is 12.4. The molecule has 0 unspecified atom stereocenters. The summed E-state index contributed by atoms with van der Waals surface area (Å²) in [6.45, 7) is 0.0955. The summed E-state index contributed by atoms with van der Waals surface area (Å²) in [5, 5.41) is 21.3. The minimum Gasteiger partial charge on any atom is -0.481 e. The number of carbonyl (C=O) groups excluding carboxylic acids is 1. The lowest BCUT2D eigenvalue weighted by molar-refractivity contribution is -0.234. The number of carboxylic acid groups (broad SMARTS) is 2. The molecular formula is C23H21NO6. The fourth-order valence-corrected chi connectivity index (χ4v) is 5.63. The average molecular weight is 407 g/mol. The molecule has 30 heavy (non-hydrogen) atoms. The molecule has 2 aromatic rings. The van der Waals surface area contributed by atoms with E-state index in [9.17, 15) is 24.6 Å². The molecule has 0 heterocycles. The van der Waals surface area contributed by atoms with Crippen LogP contribution in [-0.2, 0) is 14.3 Å². The molecule has 2 aromatic carbocycles. The number of hydrogen-bond acceptors (Lipinski definition) is 4. The molecule has 4 aliphatic carbocycles. The van der Waals surface area contributed by atoms with Crippen molar-refractivity contribution in [3.05, 3.63) is 59.7 Å². The predicted octanol–water partition coefficient (Wildman–Crippen LogP) is 3.23. The molecule has 6 rings (SSSR count). The van der Waals surface area contributed by atoms with Crippen molar-refractivity contribution in [2.75, 3.05) is 6.61 Å². The standard InChI is InChI=1S/C23H21NO6/c25-19(26)18(22-10-23(11-22,12-22)20(27)28)24-21(29)30-9-17-15-7-3-1-5-13(15)14-6-2-4-8-16(14)17/h1-8,17-18H,9-12H2,(H,24,29)(H,25,26)(H,27,28)/t18-,22?,23?/m1/s1. The van der Waals surface area contributed by atoms with Crippen molar-refractivity contribution in [1.82, 2.24) is 5.32 Å². The number of amides is 1. The molecular weight excluding hydrogens is 386 g/mol. The van der Waals surface area contributed by atoms with Crippen LogP contribution in [0.5, 0.6) is 0 Å². The molecule has 0 saturated heterocycles. The first kappa shape index (κ1) is 18.7. The minimum atomic E-state index is -1.16. The molecule has 0 aromatic heterocycles. The lowest BCUT2D eigenvalue weighted by Crippen LogP contribution is -2.73. The normalized spacial score (nSPS) is 26.4. The molecule has 0 radical (unpaired) electrons. The number of ether oxygens (including phenoxy) is 1. The smallest absolute Gasteiger partial charge is 0.407 e. The number of carboxylic acids is 2. The van der Waals surface area contributed by atoms with E-state index in [-0.39, 0.29) is 31.8 Å². The van der Waals surface area contributed by atoms with E-state index in [1.807, 2.05) is 48.5 Å². The molecule has 2 bridgehead atoms. The maximum atomic E-state index is 12.4. The Hall–Kier alpha value is -3.35. The van der Waals surface area contributed by atoms with Crippen molar-refractivity contribution >= 4 is 18.0 Å². The lowest BCUT2D eigenvalue weighted by atomic mass is 9.33. The molecule has 7 nitrogen and oxygen atoms in total. The van der Waals surface area contributed by atoms with Crippen molar-refractivity contribution in [2.45, 2.75) is 31.2 Å². The quantitative estimate of drug-likeness (QED) is 0.678. The van der Waals surface area contributed by atoms with Crippen LogP contribution in [-0.4, -0.2) is 40.9 Å². The van der Waals surface area contributed by atoms with Crippen LogP contribution in [0.4, 0.5) is 4.79 Å². The summed E-state index contributed by atoms with van der Waals surface area (Å²) in [5.41, 5.74) is 2.87. The number of nitrogens with one attached hydrogen (secondary N) is 1. The van der Waals surface area contributed by atoms with Crippen LogP contribution >= 0.6 is 0 Å². The van der Waals surface area contributed by atoms with Gasteiger partial charge in [-0.1, -0.05) is 48.5 Å². The summed E-state index contributed by atoms with van der Waals surface area (Å²) in [5.74, 6) is -2.17. The second kappa shape index (κ2) is 6.32. The predicted molar refractivity (Wildman–Crippen MR) is 106 cm³/mol. The molecule has 3 N–H and O–H groups in total. The van der Waals surface area contributed by atoms with E-state index in [4.69, 9.17) is 4.74 Å². The van der Waals surface area contributed by atoms with Crippen molar-refractivity contribution < 1.29 is 29.3 Å². The van der Waals surface area contributed by atoms with Crippen LogP contribution in [0.25, 0.3) is 11.1 Å². The third kappa shape index (κ3) is 2.54. The molecule has 4 aliphatic rings. The van der Waals surface area contributed by atoms with Gasteiger partial charge in [0.05, 0.1) is 5.41 Å². The Kier molecular flexibility index (Phi) is 3.93. The molecule has 3 saturated carbocycles. The Morgan fingerprint density at radius 3 is 2.00 bits per heavy atom. The Labute approximate surface area is 172 Å². The second-order valence-corrected chi connectivity index (χ2v) is 8.72. The fraction of sp³-hybridized carbons (Fsp3) is 0.348. The molecule has 0 spiro atoms. The topological polar surface area (TPSA) is 113 Å². The zero-order valence-corrected chi connectivity index (χ0v) is 16.1. The number of benzene rings is 2. The summed E-state index contributed by atoms with van der Waals surface area (Å²) in [7, 11) is 0. The fourth-order valence-electron chi connectivity index (χ4n) is 5.63. The zero-order chi connectivity index (χ0) is 21.1. The van der Waals surface area contributed by atoms with E-state index in [1.54, 1.807) is 0 Å². The first-order chi connectivity index (χ1) is 14.4. The number of hydrogen-bond donors (Lipinski definition) is 3. The average Bonchev–Trinajstić information content (AvgIpc) is 2.97. The summed E-state index contributed by atoms with van der Waals surface area (Å²) < 4.78 is 5.44. The second-order valence-electron chi connectivity index (χ2n) is 8.72. The summed E-state index contributed by atoms with van der Waals surface area (Å²) in [6, 6.07) is 14.8.